The number of rotatable bonds is 5. The van der Waals surface area contributed by atoms with Crippen LogP contribution in [0.1, 0.15) is 43.7 Å². The van der Waals surface area contributed by atoms with Crippen LogP contribution in [0.2, 0.25) is 0 Å². The molecule has 1 fully saturated rings. The van der Waals surface area contributed by atoms with E-state index in [2.05, 4.69) is 10.6 Å². The predicted molar refractivity (Wildman–Crippen MR) is 77.9 cm³/mol. The third kappa shape index (κ3) is 4.02. The summed E-state index contributed by atoms with van der Waals surface area (Å²) < 4.78 is 26.4. The fourth-order valence-electron chi connectivity index (χ4n) is 2.83. The van der Waals surface area contributed by atoms with Crippen LogP contribution in [-0.4, -0.2) is 18.9 Å². The SMILES string of the molecule is CNC(=O)C(NC(=O)CC1CCCC1)c1ccc(F)c(F)c1. The first-order valence-electron chi connectivity index (χ1n) is 7.47. The molecule has 0 bridgehead atoms. The summed E-state index contributed by atoms with van der Waals surface area (Å²) in [4.78, 5) is 24.0. The van der Waals surface area contributed by atoms with Crippen LogP contribution < -0.4 is 10.6 Å². The van der Waals surface area contributed by atoms with Crippen molar-refractivity contribution >= 4 is 11.8 Å². The van der Waals surface area contributed by atoms with Crippen LogP contribution in [-0.2, 0) is 9.59 Å². The minimum atomic E-state index is -1.04. The molecule has 2 N–H and O–H groups in total. The molecule has 0 spiro atoms. The second-order valence-electron chi connectivity index (χ2n) is 5.64. The van der Waals surface area contributed by atoms with Crippen LogP contribution >= 0.6 is 0 Å². The van der Waals surface area contributed by atoms with E-state index in [1.807, 2.05) is 0 Å². The molecule has 1 unspecified atom stereocenters. The Morgan fingerprint density at radius 1 is 1.23 bits per heavy atom. The minimum Gasteiger partial charge on any atom is -0.357 e. The molecule has 22 heavy (non-hydrogen) atoms. The molecule has 1 saturated carbocycles. The number of amides is 2. The highest BCUT2D eigenvalue weighted by molar-refractivity contribution is 5.88. The van der Waals surface area contributed by atoms with Crippen molar-refractivity contribution in [3.05, 3.63) is 35.4 Å². The highest BCUT2D eigenvalue weighted by Gasteiger charge is 2.25. The van der Waals surface area contributed by atoms with E-state index in [4.69, 9.17) is 0 Å². The van der Waals surface area contributed by atoms with Crippen molar-refractivity contribution in [1.82, 2.24) is 10.6 Å². The maximum Gasteiger partial charge on any atom is 0.246 e. The maximum absolute atomic E-state index is 13.4. The van der Waals surface area contributed by atoms with Gasteiger partial charge in [-0.3, -0.25) is 9.59 Å². The van der Waals surface area contributed by atoms with Crippen molar-refractivity contribution < 1.29 is 18.4 Å². The molecule has 0 radical (unpaired) electrons. The van der Waals surface area contributed by atoms with Gasteiger partial charge in [0.15, 0.2) is 11.6 Å². The van der Waals surface area contributed by atoms with Crippen molar-refractivity contribution in [1.29, 1.82) is 0 Å². The van der Waals surface area contributed by atoms with Crippen molar-refractivity contribution in [2.75, 3.05) is 7.05 Å². The van der Waals surface area contributed by atoms with Gasteiger partial charge in [0, 0.05) is 13.5 Å². The highest BCUT2D eigenvalue weighted by atomic mass is 19.2. The Morgan fingerprint density at radius 2 is 1.91 bits per heavy atom. The van der Waals surface area contributed by atoms with E-state index in [9.17, 15) is 18.4 Å². The largest absolute Gasteiger partial charge is 0.357 e. The zero-order chi connectivity index (χ0) is 16.1. The second kappa shape index (κ2) is 7.33. The molecule has 0 heterocycles. The predicted octanol–water partition coefficient (Wildman–Crippen LogP) is 2.45. The standard InChI is InChI=1S/C16H20F2N2O2/c1-19-16(22)15(11-6-7-12(17)13(18)9-11)20-14(21)8-10-4-2-3-5-10/h6-7,9-10,15H,2-5,8H2,1H3,(H,19,22)(H,20,21). The minimum absolute atomic E-state index is 0.220. The fraction of sp³-hybridized carbons (Fsp3) is 0.500. The van der Waals surface area contributed by atoms with Gasteiger partial charge in [-0.15, -0.1) is 0 Å². The van der Waals surface area contributed by atoms with Gasteiger partial charge in [-0.25, -0.2) is 8.78 Å². The van der Waals surface area contributed by atoms with Gasteiger partial charge in [0.25, 0.3) is 0 Å². The maximum atomic E-state index is 13.4. The number of halogens is 2. The molecule has 0 saturated heterocycles. The van der Waals surface area contributed by atoms with Gasteiger partial charge in [0.1, 0.15) is 6.04 Å². The number of carbonyl (C=O) groups is 2. The summed E-state index contributed by atoms with van der Waals surface area (Å²) >= 11 is 0. The quantitative estimate of drug-likeness (QED) is 0.877. The van der Waals surface area contributed by atoms with E-state index in [1.54, 1.807) is 0 Å². The molecular weight excluding hydrogens is 290 g/mol. The zero-order valence-corrected chi connectivity index (χ0v) is 12.5. The Bertz CT molecular complexity index is 557. The monoisotopic (exact) mass is 310 g/mol. The number of hydrogen-bond donors (Lipinski definition) is 2. The van der Waals surface area contributed by atoms with Crippen LogP contribution in [0.25, 0.3) is 0 Å². The first kappa shape index (κ1) is 16.4. The lowest BCUT2D eigenvalue weighted by atomic mass is 10.0. The molecule has 1 aromatic rings. The van der Waals surface area contributed by atoms with E-state index in [1.165, 1.54) is 13.1 Å². The Balaban J connectivity index is 2.09. The number of hydrogen-bond acceptors (Lipinski definition) is 2. The van der Waals surface area contributed by atoms with Gasteiger partial charge in [-0.1, -0.05) is 18.9 Å². The molecule has 120 valence electrons. The van der Waals surface area contributed by atoms with E-state index in [0.717, 1.165) is 37.8 Å². The number of nitrogens with one attached hydrogen (secondary N) is 2. The van der Waals surface area contributed by atoms with Crippen LogP contribution in [0.15, 0.2) is 18.2 Å². The Labute approximate surface area is 128 Å². The van der Waals surface area contributed by atoms with Gasteiger partial charge >= 0.3 is 0 Å². The first-order valence-corrected chi connectivity index (χ1v) is 7.47. The first-order chi connectivity index (χ1) is 10.5. The summed E-state index contributed by atoms with van der Waals surface area (Å²) in [6, 6.07) is 2.16. The highest BCUT2D eigenvalue weighted by Crippen LogP contribution is 2.27. The van der Waals surface area contributed by atoms with Crippen LogP contribution in [0.3, 0.4) is 0 Å². The van der Waals surface area contributed by atoms with Gasteiger partial charge in [-0.2, -0.15) is 0 Å². The summed E-state index contributed by atoms with van der Waals surface area (Å²) in [7, 11) is 1.43. The van der Waals surface area contributed by atoms with Crippen molar-refractivity contribution in [3.8, 4) is 0 Å². The van der Waals surface area contributed by atoms with Gasteiger partial charge in [0.05, 0.1) is 0 Å². The zero-order valence-electron chi connectivity index (χ0n) is 12.5. The second-order valence-corrected chi connectivity index (χ2v) is 5.64. The summed E-state index contributed by atoms with van der Waals surface area (Å²) in [6.45, 7) is 0. The summed E-state index contributed by atoms with van der Waals surface area (Å²) in [5.41, 5.74) is 0.220. The third-order valence-corrected chi connectivity index (χ3v) is 4.04. The Kier molecular flexibility index (Phi) is 5.46. The summed E-state index contributed by atoms with van der Waals surface area (Å²) in [6.07, 6.45) is 4.64. The Hall–Kier alpha value is -1.98. The number of likely N-dealkylation sites (N-methyl/N-ethyl adjacent to an activating group) is 1. The van der Waals surface area contributed by atoms with E-state index >= 15 is 0 Å². The van der Waals surface area contributed by atoms with Crippen LogP contribution in [0, 0.1) is 17.6 Å². The molecule has 1 atom stereocenters. The van der Waals surface area contributed by atoms with Gasteiger partial charge < -0.3 is 10.6 Å². The summed E-state index contributed by atoms with van der Waals surface area (Å²) in [5.74, 6) is -2.40. The topological polar surface area (TPSA) is 58.2 Å². The summed E-state index contributed by atoms with van der Waals surface area (Å²) in [5, 5.41) is 5.04. The van der Waals surface area contributed by atoms with E-state index < -0.39 is 23.6 Å². The van der Waals surface area contributed by atoms with E-state index in [-0.39, 0.29) is 11.5 Å². The van der Waals surface area contributed by atoms with Crippen molar-refractivity contribution in [3.63, 3.8) is 0 Å². The molecule has 2 amide bonds. The van der Waals surface area contributed by atoms with Crippen molar-refractivity contribution in [2.45, 2.75) is 38.1 Å². The lowest BCUT2D eigenvalue weighted by Crippen LogP contribution is -2.39. The average molecular weight is 310 g/mol. The molecule has 4 nitrogen and oxygen atoms in total. The van der Waals surface area contributed by atoms with Crippen molar-refractivity contribution in [2.24, 2.45) is 5.92 Å². The average Bonchev–Trinajstić information content (AvgIpc) is 3.00. The molecule has 6 heteroatoms. The normalized spacial score (nSPS) is 16.3. The lowest BCUT2D eigenvalue weighted by molar-refractivity contribution is -0.129. The van der Waals surface area contributed by atoms with Gasteiger partial charge in [0.2, 0.25) is 11.8 Å². The van der Waals surface area contributed by atoms with Crippen LogP contribution in [0.4, 0.5) is 8.78 Å². The molecule has 0 aliphatic heterocycles. The Morgan fingerprint density at radius 3 is 2.50 bits per heavy atom. The van der Waals surface area contributed by atoms with Gasteiger partial charge in [-0.05, 0) is 36.5 Å². The lowest BCUT2D eigenvalue weighted by Gasteiger charge is -2.19. The fourth-order valence-corrected chi connectivity index (χ4v) is 2.83. The van der Waals surface area contributed by atoms with E-state index in [0.29, 0.717) is 12.3 Å². The number of benzene rings is 1. The number of carbonyl (C=O) groups excluding carboxylic acids is 2. The molecule has 1 aromatic carbocycles. The smallest absolute Gasteiger partial charge is 0.246 e. The molecule has 2 rings (SSSR count). The third-order valence-electron chi connectivity index (χ3n) is 4.04. The van der Waals surface area contributed by atoms with Crippen LogP contribution in [0.5, 0.6) is 0 Å². The molecule has 0 aromatic heterocycles. The molecule has 1 aliphatic rings. The molecular formula is C16H20F2N2O2. The molecule has 1 aliphatic carbocycles.